The van der Waals surface area contributed by atoms with E-state index in [9.17, 15) is 18.0 Å². The van der Waals surface area contributed by atoms with Gasteiger partial charge in [0, 0.05) is 11.1 Å². The maximum absolute atomic E-state index is 12.7. The first kappa shape index (κ1) is 13.3. The Balaban J connectivity index is 2.60. The zero-order valence-corrected chi connectivity index (χ0v) is 10.1. The van der Waals surface area contributed by atoms with E-state index in [-0.39, 0.29) is 16.8 Å². The topological polar surface area (TPSA) is 45.8 Å². The molecule has 0 aliphatic rings. The Labute approximate surface area is 107 Å². The van der Waals surface area contributed by atoms with Gasteiger partial charge in [-0.15, -0.1) is 0 Å². The van der Waals surface area contributed by atoms with Crippen molar-refractivity contribution in [1.82, 2.24) is 9.97 Å². The van der Waals surface area contributed by atoms with Gasteiger partial charge >= 0.3 is 6.18 Å². The van der Waals surface area contributed by atoms with E-state index in [1.807, 2.05) is 0 Å². The molecule has 6 heteroatoms. The Kier molecular flexibility index (Phi) is 3.42. The third-order valence-corrected chi connectivity index (χ3v) is 2.77. The van der Waals surface area contributed by atoms with Crippen LogP contribution in [0.1, 0.15) is 18.1 Å². The monoisotopic (exact) mass is 268 g/mol. The molecule has 0 atom stereocenters. The van der Waals surface area contributed by atoms with Crippen molar-refractivity contribution in [2.45, 2.75) is 19.5 Å². The molecule has 0 bridgehead atoms. The van der Waals surface area contributed by atoms with Crippen molar-refractivity contribution in [2.24, 2.45) is 0 Å². The number of H-pyrrole nitrogens is 1. The molecule has 1 aromatic carbocycles. The first-order valence-electron chi connectivity index (χ1n) is 5.67. The Morgan fingerprint density at radius 3 is 2.68 bits per heavy atom. The summed E-state index contributed by atoms with van der Waals surface area (Å²) in [6.07, 6.45) is -2.82. The van der Waals surface area contributed by atoms with Crippen molar-refractivity contribution in [3.05, 3.63) is 52.1 Å². The molecular formula is C13H11F3N2O. The number of nitrogens with zero attached hydrogens (tertiary/aromatic N) is 1. The quantitative estimate of drug-likeness (QED) is 0.910. The largest absolute Gasteiger partial charge is 0.416 e. The minimum absolute atomic E-state index is 0.289. The van der Waals surface area contributed by atoms with E-state index in [1.165, 1.54) is 18.5 Å². The van der Waals surface area contributed by atoms with Crippen LogP contribution in [0.5, 0.6) is 0 Å². The number of alkyl halides is 3. The fraction of sp³-hybridized carbons (Fsp3) is 0.231. The Hall–Kier alpha value is -2.11. The summed E-state index contributed by atoms with van der Waals surface area (Å²) in [6.45, 7) is 1.75. The fourth-order valence-electron chi connectivity index (χ4n) is 1.85. The average molecular weight is 268 g/mol. The van der Waals surface area contributed by atoms with E-state index in [0.717, 1.165) is 12.1 Å². The SMILES string of the molecule is CCc1c(-c2cccc(C(F)(F)F)c2)nc[nH]c1=O. The molecule has 0 radical (unpaired) electrons. The molecule has 0 amide bonds. The van der Waals surface area contributed by atoms with Gasteiger partial charge in [-0.3, -0.25) is 4.79 Å². The highest BCUT2D eigenvalue weighted by Crippen LogP contribution is 2.32. The molecule has 2 rings (SSSR count). The molecule has 19 heavy (non-hydrogen) atoms. The van der Waals surface area contributed by atoms with Gasteiger partial charge in [0.1, 0.15) is 0 Å². The number of aromatic amines is 1. The van der Waals surface area contributed by atoms with E-state index in [2.05, 4.69) is 9.97 Å². The van der Waals surface area contributed by atoms with E-state index in [0.29, 0.717) is 12.0 Å². The van der Waals surface area contributed by atoms with Crippen LogP contribution in [-0.4, -0.2) is 9.97 Å². The van der Waals surface area contributed by atoms with Gasteiger partial charge in [-0.2, -0.15) is 13.2 Å². The predicted molar refractivity (Wildman–Crippen MR) is 64.7 cm³/mol. The van der Waals surface area contributed by atoms with Crippen LogP contribution in [0.3, 0.4) is 0 Å². The second-order valence-corrected chi connectivity index (χ2v) is 3.99. The molecule has 2 aromatic rings. The van der Waals surface area contributed by atoms with E-state index in [1.54, 1.807) is 6.92 Å². The van der Waals surface area contributed by atoms with Crippen LogP contribution in [0.15, 0.2) is 35.4 Å². The van der Waals surface area contributed by atoms with Gasteiger partial charge in [0.15, 0.2) is 0 Å². The second-order valence-electron chi connectivity index (χ2n) is 3.99. The molecule has 1 heterocycles. The number of aromatic nitrogens is 2. The van der Waals surface area contributed by atoms with Gasteiger partial charge in [-0.1, -0.05) is 19.1 Å². The Bertz CT molecular complexity index is 647. The van der Waals surface area contributed by atoms with E-state index >= 15 is 0 Å². The highest BCUT2D eigenvalue weighted by atomic mass is 19.4. The standard InChI is InChI=1S/C13H11F3N2O/c1-2-10-11(17-7-18-12(10)19)8-4-3-5-9(6-8)13(14,15)16/h3-7H,2H2,1H3,(H,17,18,19). The summed E-state index contributed by atoms with van der Waals surface area (Å²) in [4.78, 5) is 18.0. The average Bonchev–Trinajstić information content (AvgIpc) is 2.37. The molecule has 100 valence electrons. The minimum Gasteiger partial charge on any atom is -0.313 e. The van der Waals surface area contributed by atoms with E-state index < -0.39 is 11.7 Å². The lowest BCUT2D eigenvalue weighted by Crippen LogP contribution is -2.14. The molecular weight excluding hydrogens is 257 g/mol. The van der Waals surface area contributed by atoms with Crippen molar-refractivity contribution in [3.63, 3.8) is 0 Å². The fourth-order valence-corrected chi connectivity index (χ4v) is 1.85. The van der Waals surface area contributed by atoms with Crippen molar-refractivity contribution >= 4 is 0 Å². The van der Waals surface area contributed by atoms with Crippen molar-refractivity contribution in [3.8, 4) is 11.3 Å². The lowest BCUT2D eigenvalue weighted by molar-refractivity contribution is -0.137. The molecule has 0 saturated heterocycles. The Morgan fingerprint density at radius 1 is 1.32 bits per heavy atom. The molecule has 0 unspecified atom stereocenters. The zero-order chi connectivity index (χ0) is 14.0. The van der Waals surface area contributed by atoms with Crippen LogP contribution >= 0.6 is 0 Å². The first-order chi connectivity index (χ1) is 8.93. The van der Waals surface area contributed by atoms with E-state index in [4.69, 9.17) is 0 Å². The molecule has 0 fully saturated rings. The second kappa shape index (κ2) is 4.87. The summed E-state index contributed by atoms with van der Waals surface area (Å²) >= 11 is 0. The third kappa shape index (κ3) is 2.67. The van der Waals surface area contributed by atoms with Gasteiger partial charge in [0.05, 0.1) is 17.6 Å². The van der Waals surface area contributed by atoms with Crippen LogP contribution < -0.4 is 5.56 Å². The van der Waals surface area contributed by atoms with Gasteiger partial charge in [0.25, 0.3) is 5.56 Å². The number of halogens is 3. The summed E-state index contributed by atoms with van der Waals surface area (Å²) in [5, 5.41) is 0. The molecule has 0 aliphatic heterocycles. The summed E-state index contributed by atoms with van der Waals surface area (Å²) in [5.74, 6) is 0. The third-order valence-electron chi connectivity index (χ3n) is 2.77. The number of nitrogens with one attached hydrogen (secondary N) is 1. The molecule has 0 aliphatic carbocycles. The summed E-state index contributed by atoms with van der Waals surface area (Å²) in [6, 6.07) is 4.81. The highest BCUT2D eigenvalue weighted by Gasteiger charge is 2.30. The van der Waals surface area contributed by atoms with Gasteiger partial charge < -0.3 is 4.98 Å². The number of benzene rings is 1. The maximum atomic E-state index is 12.7. The van der Waals surface area contributed by atoms with Crippen molar-refractivity contribution in [2.75, 3.05) is 0 Å². The summed E-state index contributed by atoms with van der Waals surface area (Å²) in [7, 11) is 0. The predicted octanol–water partition coefficient (Wildman–Crippen LogP) is 3.02. The number of rotatable bonds is 2. The first-order valence-corrected chi connectivity index (χ1v) is 5.67. The number of hydrogen-bond donors (Lipinski definition) is 1. The van der Waals surface area contributed by atoms with Gasteiger partial charge in [-0.05, 0) is 18.6 Å². The lowest BCUT2D eigenvalue weighted by Gasteiger charge is -2.10. The molecule has 0 spiro atoms. The van der Waals surface area contributed by atoms with Crippen LogP contribution in [0, 0.1) is 0 Å². The lowest BCUT2D eigenvalue weighted by atomic mass is 10.0. The van der Waals surface area contributed by atoms with Gasteiger partial charge in [-0.25, -0.2) is 4.98 Å². The van der Waals surface area contributed by atoms with Gasteiger partial charge in [0.2, 0.25) is 0 Å². The smallest absolute Gasteiger partial charge is 0.313 e. The van der Waals surface area contributed by atoms with Crippen LogP contribution in [-0.2, 0) is 12.6 Å². The molecule has 1 N–H and O–H groups in total. The molecule has 1 aromatic heterocycles. The number of hydrogen-bond acceptors (Lipinski definition) is 2. The zero-order valence-electron chi connectivity index (χ0n) is 10.1. The molecule has 0 saturated carbocycles. The summed E-state index contributed by atoms with van der Waals surface area (Å²) in [5.41, 5.74) is -0.129. The van der Waals surface area contributed by atoms with Crippen molar-refractivity contribution in [1.29, 1.82) is 0 Å². The van der Waals surface area contributed by atoms with Crippen LogP contribution in [0.2, 0.25) is 0 Å². The normalized spacial score (nSPS) is 11.6. The molecule has 3 nitrogen and oxygen atoms in total. The van der Waals surface area contributed by atoms with Crippen molar-refractivity contribution < 1.29 is 13.2 Å². The highest BCUT2D eigenvalue weighted by molar-refractivity contribution is 5.63. The Morgan fingerprint density at radius 2 is 2.05 bits per heavy atom. The maximum Gasteiger partial charge on any atom is 0.416 e. The van der Waals surface area contributed by atoms with Crippen LogP contribution in [0.25, 0.3) is 11.3 Å². The minimum atomic E-state index is -4.41. The summed E-state index contributed by atoms with van der Waals surface area (Å²) < 4.78 is 38.0. The van der Waals surface area contributed by atoms with Crippen LogP contribution in [0.4, 0.5) is 13.2 Å².